The van der Waals surface area contributed by atoms with Gasteiger partial charge < -0.3 is 0 Å². The summed E-state index contributed by atoms with van der Waals surface area (Å²) in [6, 6.07) is 0. The molecule has 0 nitrogen and oxygen atoms in total. The molecule has 0 N–H and O–H groups in total. The van der Waals surface area contributed by atoms with Crippen LogP contribution in [0.4, 0.5) is 0 Å². The average Bonchev–Trinajstić information content (AvgIpc) is 2.09. The SMILES string of the molecule is CC(C)(C)[PH+](C[PH+](C(C)(C)C)C(C)(C)C)C(C)(C)C.[Cl][Pt][Cl]. The summed E-state index contributed by atoms with van der Waals surface area (Å²) in [4.78, 5) is 0. The molecule has 0 saturated heterocycles. The van der Waals surface area contributed by atoms with E-state index in [1.165, 1.54) is 5.90 Å². The van der Waals surface area contributed by atoms with E-state index in [4.69, 9.17) is 18.8 Å². The molecule has 0 amide bonds. The van der Waals surface area contributed by atoms with Gasteiger partial charge in [-0.1, -0.05) is 0 Å². The summed E-state index contributed by atoms with van der Waals surface area (Å²) in [6.45, 7) is 29.6. The molecule has 0 fully saturated rings. The summed E-state index contributed by atoms with van der Waals surface area (Å²) < 4.78 is 0. The molecule has 0 saturated carbocycles. The van der Waals surface area contributed by atoms with Gasteiger partial charge in [0.2, 0.25) is 0 Å². The first-order chi connectivity index (χ1) is 9.39. The Hall–Kier alpha value is 2.13. The van der Waals surface area contributed by atoms with Crippen LogP contribution >= 0.6 is 34.7 Å². The van der Waals surface area contributed by atoms with Crippen LogP contribution in [0.2, 0.25) is 0 Å². The van der Waals surface area contributed by atoms with Crippen LogP contribution in [0.5, 0.6) is 0 Å². The van der Waals surface area contributed by atoms with Gasteiger partial charge in [0, 0.05) is 15.8 Å². The first kappa shape index (κ1) is 26.4. The van der Waals surface area contributed by atoms with Crippen molar-refractivity contribution in [1.29, 1.82) is 0 Å². The van der Waals surface area contributed by atoms with E-state index in [2.05, 4.69) is 83.1 Å². The van der Waals surface area contributed by atoms with E-state index in [1.807, 2.05) is 0 Å². The fourth-order valence-corrected chi connectivity index (χ4v) is 17.9. The Kier molecular flexibility index (Phi) is 11.6. The monoisotopic (exact) mass is 571 g/mol. The molecule has 0 aliphatic heterocycles. The maximum absolute atomic E-state index is 4.88. The predicted octanol–water partition coefficient (Wildman–Crippen LogP) is 7.94. The zero-order chi connectivity index (χ0) is 18.6. The van der Waals surface area contributed by atoms with Crippen molar-refractivity contribution in [2.45, 2.75) is 104 Å². The van der Waals surface area contributed by atoms with Crippen LogP contribution in [-0.2, 0) is 16.5 Å². The second-order valence-corrected chi connectivity index (χ2v) is 22.8. The second-order valence-electron chi connectivity index (χ2n) is 10.2. The van der Waals surface area contributed by atoms with Crippen LogP contribution in [0.25, 0.3) is 0 Å². The summed E-state index contributed by atoms with van der Waals surface area (Å²) >= 11 is -0.472. The first-order valence-electron chi connectivity index (χ1n) is 7.95. The van der Waals surface area contributed by atoms with Crippen molar-refractivity contribution in [2.75, 3.05) is 5.90 Å². The molecule has 0 aliphatic carbocycles. The van der Waals surface area contributed by atoms with Gasteiger partial charge in [-0.2, -0.15) is 0 Å². The van der Waals surface area contributed by atoms with E-state index in [9.17, 15) is 0 Å². The fourth-order valence-electron chi connectivity index (χ4n) is 3.49. The van der Waals surface area contributed by atoms with Crippen molar-refractivity contribution in [3.63, 3.8) is 0 Å². The Balaban J connectivity index is 0. The van der Waals surface area contributed by atoms with Gasteiger partial charge in [0.15, 0.2) is 5.90 Å². The molecule has 0 atom stereocenters. The fraction of sp³-hybridized carbons (Fsp3) is 1.00. The number of rotatable bonds is 2. The summed E-state index contributed by atoms with van der Waals surface area (Å²) in [5, 5.41) is 1.98. The number of hydrogen-bond acceptors (Lipinski definition) is 0. The van der Waals surface area contributed by atoms with Crippen LogP contribution in [0.1, 0.15) is 83.1 Å². The third kappa shape index (κ3) is 10.9. The third-order valence-electron chi connectivity index (χ3n) is 3.97. The van der Waals surface area contributed by atoms with Gasteiger partial charge in [0.05, 0.1) is 20.6 Å². The van der Waals surface area contributed by atoms with Crippen molar-refractivity contribution < 1.29 is 16.5 Å². The van der Waals surface area contributed by atoms with Gasteiger partial charge in [-0.15, -0.1) is 0 Å². The van der Waals surface area contributed by atoms with Crippen molar-refractivity contribution in [3.8, 4) is 0 Å². The molecule has 0 radical (unpaired) electrons. The van der Waals surface area contributed by atoms with E-state index in [-0.39, 0.29) is 0 Å². The molecule has 0 aromatic rings. The Bertz CT molecular complexity index is 249. The molecule has 140 valence electrons. The van der Waals surface area contributed by atoms with Crippen molar-refractivity contribution >= 4 is 34.7 Å². The standard InChI is InChI=1S/C17H38P2.2ClH.Pt/c1-14(2,3)18(15(4,5)6)13-19(16(7,8)9)17(10,11)12;;;/h13H2,1-12H3;2*1H;/q;;;+2. The molecule has 0 rings (SSSR count). The molecular formula is C17H40Cl2P2Pt+2. The topological polar surface area (TPSA) is 0 Å². The molecule has 0 aromatic heterocycles. The molecule has 0 spiro atoms. The zero-order valence-corrected chi connectivity index (χ0v) is 22.6. The van der Waals surface area contributed by atoms with Gasteiger partial charge in [0.25, 0.3) is 0 Å². The van der Waals surface area contributed by atoms with Crippen molar-refractivity contribution in [1.82, 2.24) is 0 Å². The van der Waals surface area contributed by atoms with Crippen LogP contribution in [-0.4, -0.2) is 26.5 Å². The summed E-state index contributed by atoms with van der Waals surface area (Å²) in [5.74, 6) is 1.52. The molecule has 0 aromatic carbocycles. The van der Waals surface area contributed by atoms with Crippen molar-refractivity contribution in [2.24, 2.45) is 0 Å². The summed E-state index contributed by atoms with van der Waals surface area (Å²) in [5.41, 5.74) is 0. The quantitative estimate of drug-likeness (QED) is 0.295. The molecule has 5 heteroatoms. The Morgan fingerprint density at radius 1 is 0.545 bits per heavy atom. The van der Waals surface area contributed by atoms with E-state index in [0.717, 1.165) is 0 Å². The molecular weight excluding hydrogens is 532 g/mol. The van der Waals surface area contributed by atoms with Gasteiger partial charge in [0.1, 0.15) is 0 Å². The Morgan fingerprint density at radius 3 is 0.773 bits per heavy atom. The van der Waals surface area contributed by atoms with Crippen LogP contribution in [0.15, 0.2) is 0 Å². The van der Waals surface area contributed by atoms with E-state index in [0.29, 0.717) is 20.6 Å². The average molecular weight is 572 g/mol. The van der Waals surface area contributed by atoms with E-state index < -0.39 is 32.3 Å². The van der Waals surface area contributed by atoms with Crippen LogP contribution < -0.4 is 0 Å². The summed E-state index contributed by atoms with van der Waals surface area (Å²) in [6.07, 6.45) is 0. The van der Waals surface area contributed by atoms with Gasteiger partial charge >= 0.3 is 35.3 Å². The van der Waals surface area contributed by atoms with Gasteiger partial charge in [-0.25, -0.2) is 0 Å². The van der Waals surface area contributed by atoms with E-state index in [1.54, 1.807) is 0 Å². The van der Waals surface area contributed by atoms with Crippen LogP contribution in [0.3, 0.4) is 0 Å². The number of halogens is 2. The molecule has 0 unspecified atom stereocenters. The second kappa shape index (κ2) is 9.72. The number of hydrogen-bond donors (Lipinski definition) is 0. The molecule has 22 heavy (non-hydrogen) atoms. The Morgan fingerprint density at radius 2 is 0.682 bits per heavy atom. The van der Waals surface area contributed by atoms with Crippen LogP contribution in [0, 0.1) is 0 Å². The minimum absolute atomic E-state index is 0.394. The zero-order valence-electron chi connectivity index (χ0n) is 16.8. The minimum atomic E-state index is -0.472. The summed E-state index contributed by atoms with van der Waals surface area (Å²) in [7, 11) is 8.96. The third-order valence-corrected chi connectivity index (χ3v) is 14.0. The normalized spacial score (nSPS) is 14.4. The first-order valence-corrected chi connectivity index (χ1v) is 17.0. The van der Waals surface area contributed by atoms with Gasteiger partial charge in [-0.3, -0.25) is 0 Å². The molecule has 0 aliphatic rings. The maximum atomic E-state index is 4.88. The Labute approximate surface area is 160 Å². The van der Waals surface area contributed by atoms with Crippen molar-refractivity contribution in [3.05, 3.63) is 0 Å². The predicted molar refractivity (Wildman–Crippen MR) is 112 cm³/mol. The molecule has 0 bridgehead atoms. The van der Waals surface area contributed by atoms with Gasteiger partial charge in [-0.05, 0) is 83.1 Å². The molecule has 0 heterocycles. The van der Waals surface area contributed by atoms with E-state index >= 15 is 0 Å².